The van der Waals surface area contributed by atoms with Gasteiger partial charge in [0, 0.05) is 11.6 Å². The van der Waals surface area contributed by atoms with Gasteiger partial charge in [0.25, 0.3) is 0 Å². The molecule has 1 amide bonds. The number of hydrogen-bond donors (Lipinski definition) is 3. The Hall–Kier alpha value is -1.92. The smallest absolute Gasteiger partial charge is 0.328 e. The van der Waals surface area contributed by atoms with E-state index in [1.807, 2.05) is 5.32 Å². The average Bonchev–Trinajstić information content (AvgIpc) is 2.35. The molecule has 0 fully saturated rings. The number of amides is 1. The molecule has 0 aliphatic heterocycles. The predicted octanol–water partition coefficient (Wildman–Crippen LogP) is 1.05. The van der Waals surface area contributed by atoms with Crippen LogP contribution in [-0.4, -0.2) is 34.7 Å². The molecule has 0 unspecified atom stereocenters. The molecule has 0 aliphatic rings. The van der Waals surface area contributed by atoms with E-state index in [0.717, 1.165) is 12.2 Å². The third-order valence-corrected chi connectivity index (χ3v) is 2.53. The van der Waals surface area contributed by atoms with Crippen LogP contribution in [0.3, 0.4) is 0 Å². The van der Waals surface area contributed by atoms with E-state index in [4.69, 9.17) is 21.8 Å². The van der Waals surface area contributed by atoms with E-state index in [0.29, 0.717) is 0 Å². The summed E-state index contributed by atoms with van der Waals surface area (Å²) in [5.74, 6) is -2.75. The molecule has 0 aromatic heterocycles. The second-order valence-electron chi connectivity index (χ2n) is 3.55. The van der Waals surface area contributed by atoms with Crippen molar-refractivity contribution in [2.45, 2.75) is 6.04 Å². The Morgan fingerprint density at radius 2 is 2.16 bits per heavy atom. The van der Waals surface area contributed by atoms with Crippen LogP contribution in [0.15, 0.2) is 24.3 Å². The third-order valence-electron chi connectivity index (χ3n) is 2.20. The number of carboxylic acids is 1. The Morgan fingerprint density at radius 3 is 2.68 bits per heavy atom. The van der Waals surface area contributed by atoms with Gasteiger partial charge in [-0.2, -0.15) is 0 Å². The summed E-state index contributed by atoms with van der Waals surface area (Å²) in [7, 11) is 0. The van der Waals surface area contributed by atoms with Crippen LogP contribution in [0.5, 0.6) is 0 Å². The van der Waals surface area contributed by atoms with Gasteiger partial charge >= 0.3 is 5.97 Å². The van der Waals surface area contributed by atoms with Gasteiger partial charge in [0.1, 0.15) is 5.82 Å². The first-order valence-electron chi connectivity index (χ1n) is 5.22. The van der Waals surface area contributed by atoms with Crippen LogP contribution < -0.4 is 5.32 Å². The Labute approximate surface area is 113 Å². The van der Waals surface area contributed by atoms with Crippen LogP contribution in [0.2, 0.25) is 5.02 Å². The minimum absolute atomic E-state index is 0.0233. The van der Waals surface area contributed by atoms with Crippen LogP contribution >= 0.6 is 11.6 Å². The van der Waals surface area contributed by atoms with E-state index in [9.17, 15) is 14.0 Å². The second-order valence-corrected chi connectivity index (χ2v) is 3.96. The number of halogens is 2. The van der Waals surface area contributed by atoms with Gasteiger partial charge in [0.2, 0.25) is 5.91 Å². The molecule has 0 heterocycles. The minimum Gasteiger partial charge on any atom is -0.480 e. The number of carbonyl (C=O) groups excluding carboxylic acids is 1. The lowest BCUT2D eigenvalue weighted by Crippen LogP contribution is -2.42. The summed E-state index contributed by atoms with van der Waals surface area (Å²) in [6.07, 6.45) is 2.07. The normalized spacial score (nSPS) is 12.4. The van der Waals surface area contributed by atoms with Crippen molar-refractivity contribution in [3.63, 3.8) is 0 Å². The highest BCUT2D eigenvalue weighted by Gasteiger charge is 2.17. The minimum atomic E-state index is -1.41. The summed E-state index contributed by atoms with van der Waals surface area (Å²) < 4.78 is 13.4. The molecule has 1 aromatic rings. The second kappa shape index (κ2) is 6.86. The van der Waals surface area contributed by atoms with Gasteiger partial charge in [0.05, 0.1) is 11.6 Å². The monoisotopic (exact) mass is 287 g/mol. The number of hydrogen-bond acceptors (Lipinski definition) is 3. The molecule has 3 N–H and O–H groups in total. The lowest BCUT2D eigenvalue weighted by Gasteiger charge is -2.09. The maximum Gasteiger partial charge on any atom is 0.328 e. The molecule has 102 valence electrons. The zero-order chi connectivity index (χ0) is 14.4. The van der Waals surface area contributed by atoms with Crippen LogP contribution in [0.4, 0.5) is 4.39 Å². The predicted molar refractivity (Wildman–Crippen MR) is 67.1 cm³/mol. The molecule has 19 heavy (non-hydrogen) atoms. The van der Waals surface area contributed by atoms with E-state index in [2.05, 4.69) is 0 Å². The molecule has 1 aromatic carbocycles. The molecule has 5 nitrogen and oxygen atoms in total. The summed E-state index contributed by atoms with van der Waals surface area (Å²) in [5, 5.41) is 19.5. The van der Waals surface area contributed by atoms with Gasteiger partial charge in [-0.15, -0.1) is 0 Å². The van der Waals surface area contributed by atoms with Crippen molar-refractivity contribution in [1.29, 1.82) is 0 Å². The van der Waals surface area contributed by atoms with Crippen LogP contribution in [0, 0.1) is 5.82 Å². The van der Waals surface area contributed by atoms with Gasteiger partial charge in [-0.3, -0.25) is 4.79 Å². The van der Waals surface area contributed by atoms with Crippen molar-refractivity contribution in [2.24, 2.45) is 0 Å². The Balaban J connectivity index is 2.76. The van der Waals surface area contributed by atoms with Crippen LogP contribution in [0.1, 0.15) is 5.56 Å². The van der Waals surface area contributed by atoms with Gasteiger partial charge < -0.3 is 15.5 Å². The Morgan fingerprint density at radius 1 is 1.47 bits per heavy atom. The molecule has 7 heteroatoms. The van der Waals surface area contributed by atoms with Crippen molar-refractivity contribution in [2.75, 3.05) is 6.61 Å². The molecule has 0 spiro atoms. The van der Waals surface area contributed by atoms with Crippen molar-refractivity contribution < 1.29 is 24.2 Å². The van der Waals surface area contributed by atoms with Gasteiger partial charge in [-0.25, -0.2) is 9.18 Å². The molecule has 1 rings (SSSR count). The van der Waals surface area contributed by atoms with Crippen molar-refractivity contribution in [1.82, 2.24) is 5.32 Å². The summed E-state index contributed by atoms with van der Waals surface area (Å²) in [4.78, 5) is 21.9. The molecule has 1 atom stereocenters. The quantitative estimate of drug-likeness (QED) is 0.707. The zero-order valence-corrected chi connectivity index (χ0v) is 10.4. The summed E-state index contributed by atoms with van der Waals surface area (Å²) >= 11 is 5.74. The van der Waals surface area contributed by atoms with Gasteiger partial charge in [-0.1, -0.05) is 17.7 Å². The van der Waals surface area contributed by atoms with E-state index in [1.54, 1.807) is 0 Å². The fourth-order valence-corrected chi connectivity index (χ4v) is 1.46. The Kier molecular flexibility index (Phi) is 5.47. The summed E-state index contributed by atoms with van der Waals surface area (Å²) in [6, 6.07) is 2.64. The number of rotatable bonds is 5. The highest BCUT2D eigenvalue weighted by Crippen LogP contribution is 2.20. The number of carboxylic acid groups (broad SMARTS) is 1. The largest absolute Gasteiger partial charge is 0.480 e. The van der Waals surface area contributed by atoms with Crippen LogP contribution in [0.25, 0.3) is 6.08 Å². The first kappa shape index (κ1) is 15.1. The lowest BCUT2D eigenvalue weighted by atomic mass is 10.2. The number of aliphatic carboxylic acids is 1. The van der Waals surface area contributed by atoms with Gasteiger partial charge in [-0.05, 0) is 18.2 Å². The SMILES string of the molecule is O=C(/C=C/c1c(F)cccc1Cl)N[C@H](CO)C(=O)O. The number of nitrogens with one attached hydrogen (secondary N) is 1. The first-order valence-corrected chi connectivity index (χ1v) is 5.59. The standard InChI is InChI=1S/C12H11ClFNO4/c13-8-2-1-3-9(14)7(8)4-5-11(17)15-10(6-16)12(18)19/h1-5,10,16H,6H2,(H,15,17)(H,18,19)/b5-4+/t10-/m1/s1. The van der Waals surface area contributed by atoms with E-state index in [1.165, 1.54) is 18.2 Å². The molecule has 0 bridgehead atoms. The molecule has 0 aliphatic carbocycles. The summed E-state index contributed by atoms with van der Waals surface area (Å²) in [5.41, 5.74) is 0.0233. The van der Waals surface area contributed by atoms with Crippen molar-refractivity contribution in [3.05, 3.63) is 40.7 Å². The fraction of sp³-hybridized carbons (Fsp3) is 0.167. The van der Waals surface area contributed by atoms with Crippen molar-refractivity contribution >= 4 is 29.6 Å². The van der Waals surface area contributed by atoms with Crippen LogP contribution in [-0.2, 0) is 9.59 Å². The fourth-order valence-electron chi connectivity index (χ4n) is 1.23. The van der Waals surface area contributed by atoms with Crippen molar-refractivity contribution in [3.8, 4) is 0 Å². The third kappa shape index (κ3) is 4.35. The number of aliphatic hydroxyl groups is 1. The molecular formula is C12H11ClFNO4. The van der Waals surface area contributed by atoms with Gasteiger partial charge in [0.15, 0.2) is 6.04 Å². The lowest BCUT2D eigenvalue weighted by molar-refractivity contribution is -0.142. The molecule has 0 saturated carbocycles. The number of benzene rings is 1. The molecule has 0 saturated heterocycles. The highest BCUT2D eigenvalue weighted by atomic mass is 35.5. The summed E-state index contributed by atoms with van der Waals surface area (Å²) in [6.45, 7) is -0.741. The highest BCUT2D eigenvalue weighted by molar-refractivity contribution is 6.32. The van der Waals surface area contributed by atoms with E-state index in [-0.39, 0.29) is 10.6 Å². The van der Waals surface area contributed by atoms with E-state index < -0.39 is 30.3 Å². The first-order chi connectivity index (χ1) is 8.95. The molecular weight excluding hydrogens is 277 g/mol. The number of aliphatic hydroxyl groups excluding tert-OH is 1. The maximum atomic E-state index is 13.4. The zero-order valence-electron chi connectivity index (χ0n) is 9.64. The molecule has 0 radical (unpaired) electrons. The Bertz CT molecular complexity index is 498. The average molecular weight is 288 g/mol. The number of carbonyl (C=O) groups is 2. The van der Waals surface area contributed by atoms with E-state index >= 15 is 0 Å². The topological polar surface area (TPSA) is 86.6 Å². The maximum absolute atomic E-state index is 13.4.